The van der Waals surface area contributed by atoms with Gasteiger partial charge in [0.25, 0.3) is 0 Å². The van der Waals surface area contributed by atoms with Crippen molar-refractivity contribution in [2.45, 2.75) is 83.2 Å². The second kappa shape index (κ2) is 13.0. The Bertz CT molecular complexity index is 752. The van der Waals surface area contributed by atoms with Gasteiger partial charge in [-0.2, -0.15) is 0 Å². The fraction of sp³-hybridized carbons (Fsp3) is 0.586. The Labute approximate surface area is 195 Å². The molecule has 1 aliphatic heterocycles. The van der Waals surface area contributed by atoms with E-state index in [9.17, 15) is 5.11 Å². The van der Waals surface area contributed by atoms with Crippen LogP contribution in [0.15, 0.2) is 54.6 Å². The van der Waals surface area contributed by atoms with E-state index in [1.165, 1.54) is 50.5 Å². The molecule has 0 spiro atoms. The minimum absolute atomic E-state index is 0.0429. The summed E-state index contributed by atoms with van der Waals surface area (Å²) >= 11 is 0. The number of aliphatic hydroxyl groups is 1. The van der Waals surface area contributed by atoms with Gasteiger partial charge in [0.1, 0.15) is 5.75 Å². The molecule has 1 saturated heterocycles. The molecule has 176 valence electrons. The molecule has 0 aliphatic carbocycles. The van der Waals surface area contributed by atoms with E-state index in [2.05, 4.69) is 54.3 Å². The van der Waals surface area contributed by atoms with Crippen LogP contribution >= 0.6 is 0 Å². The first-order valence-corrected chi connectivity index (χ1v) is 12.9. The average Bonchev–Trinajstić information content (AvgIpc) is 3.10. The maximum absolute atomic E-state index is 12.4. The summed E-state index contributed by atoms with van der Waals surface area (Å²) in [5.41, 5.74) is 1.36. The molecule has 2 aromatic carbocycles. The molecular formula is C29H43NO2. The maximum atomic E-state index is 12.4. The number of ether oxygens (including phenoxy) is 1. The van der Waals surface area contributed by atoms with Crippen LogP contribution in [0.3, 0.4) is 0 Å². The zero-order chi connectivity index (χ0) is 22.7. The van der Waals surface area contributed by atoms with Gasteiger partial charge in [0.2, 0.25) is 0 Å². The summed E-state index contributed by atoms with van der Waals surface area (Å²) in [5.74, 6) is 0.912. The van der Waals surface area contributed by atoms with Gasteiger partial charge in [0.15, 0.2) is 0 Å². The van der Waals surface area contributed by atoms with Gasteiger partial charge >= 0.3 is 0 Å². The van der Waals surface area contributed by atoms with Gasteiger partial charge in [-0.1, -0.05) is 87.9 Å². The lowest BCUT2D eigenvalue weighted by Gasteiger charge is -2.40. The standard InChI is InChI=1S/C29H43NO2/c1-3-5-6-12-21-29(31,26-17-19-27(20-18-26)32-4-2)28(25-15-10-9-11-16-25)24-30-22-13-7-8-14-23-30/h9-11,15-20,28,31H,3-8,12-14,21-24H2,1-2H3/t28-,29-/m0/s1. The first-order valence-electron chi connectivity index (χ1n) is 12.9. The zero-order valence-corrected chi connectivity index (χ0v) is 20.3. The lowest BCUT2D eigenvalue weighted by Crippen LogP contribution is -2.41. The fourth-order valence-corrected chi connectivity index (χ4v) is 5.14. The number of likely N-dealkylation sites (tertiary alicyclic amines) is 1. The van der Waals surface area contributed by atoms with Crippen LogP contribution in [-0.4, -0.2) is 36.2 Å². The third kappa shape index (κ3) is 6.83. The van der Waals surface area contributed by atoms with E-state index in [0.717, 1.165) is 43.8 Å². The van der Waals surface area contributed by atoms with Crippen LogP contribution in [0, 0.1) is 0 Å². The minimum Gasteiger partial charge on any atom is -0.494 e. The Kier molecular flexibility index (Phi) is 10.1. The molecule has 0 radical (unpaired) electrons. The SMILES string of the molecule is CCCCCC[C@](O)(c1ccc(OCC)cc1)[C@@H](CN1CCCCCC1)c1ccccc1. The van der Waals surface area contributed by atoms with Crippen molar-refractivity contribution in [1.82, 2.24) is 4.90 Å². The second-order valence-corrected chi connectivity index (χ2v) is 9.37. The molecule has 3 heteroatoms. The molecule has 0 aromatic heterocycles. The second-order valence-electron chi connectivity index (χ2n) is 9.37. The normalized spacial score (nSPS) is 18.0. The first kappa shape index (κ1) is 24.8. The van der Waals surface area contributed by atoms with Crippen molar-refractivity contribution in [3.05, 3.63) is 65.7 Å². The summed E-state index contributed by atoms with van der Waals surface area (Å²) in [6.45, 7) is 8.08. The highest BCUT2D eigenvalue weighted by Crippen LogP contribution is 2.42. The molecule has 0 unspecified atom stereocenters. The summed E-state index contributed by atoms with van der Waals surface area (Å²) in [6, 6.07) is 18.9. The van der Waals surface area contributed by atoms with Gasteiger partial charge in [0, 0.05) is 12.5 Å². The van der Waals surface area contributed by atoms with Gasteiger partial charge < -0.3 is 14.7 Å². The van der Waals surface area contributed by atoms with Crippen molar-refractivity contribution >= 4 is 0 Å². The van der Waals surface area contributed by atoms with Crippen molar-refractivity contribution < 1.29 is 9.84 Å². The Morgan fingerprint density at radius 2 is 1.56 bits per heavy atom. The largest absolute Gasteiger partial charge is 0.494 e. The Morgan fingerprint density at radius 3 is 2.19 bits per heavy atom. The molecule has 1 aliphatic rings. The summed E-state index contributed by atoms with van der Waals surface area (Å²) in [7, 11) is 0. The van der Waals surface area contributed by atoms with Crippen LogP contribution in [0.5, 0.6) is 5.75 Å². The molecule has 2 aromatic rings. The topological polar surface area (TPSA) is 32.7 Å². The Hall–Kier alpha value is -1.84. The molecule has 32 heavy (non-hydrogen) atoms. The summed E-state index contributed by atoms with van der Waals surface area (Å²) in [5, 5.41) is 12.4. The van der Waals surface area contributed by atoms with Gasteiger partial charge in [-0.05, 0) is 62.5 Å². The van der Waals surface area contributed by atoms with E-state index in [4.69, 9.17) is 4.74 Å². The van der Waals surface area contributed by atoms with E-state index < -0.39 is 5.60 Å². The molecule has 1 N–H and O–H groups in total. The monoisotopic (exact) mass is 437 g/mol. The quantitative estimate of drug-likeness (QED) is 0.366. The molecule has 0 bridgehead atoms. The number of hydrogen-bond donors (Lipinski definition) is 1. The molecule has 1 fully saturated rings. The van der Waals surface area contributed by atoms with Crippen molar-refractivity contribution in [1.29, 1.82) is 0 Å². The number of unbranched alkanes of at least 4 members (excludes halogenated alkanes) is 3. The third-order valence-corrected chi connectivity index (χ3v) is 6.99. The van der Waals surface area contributed by atoms with E-state index in [1.807, 2.05) is 19.1 Å². The van der Waals surface area contributed by atoms with Crippen LogP contribution in [0.4, 0.5) is 0 Å². The van der Waals surface area contributed by atoms with Gasteiger partial charge in [-0.15, -0.1) is 0 Å². The van der Waals surface area contributed by atoms with Crippen molar-refractivity contribution in [2.75, 3.05) is 26.2 Å². The number of benzene rings is 2. The minimum atomic E-state index is -0.897. The van der Waals surface area contributed by atoms with Crippen LogP contribution in [0.25, 0.3) is 0 Å². The molecule has 0 amide bonds. The Balaban J connectivity index is 1.94. The predicted molar refractivity (Wildman–Crippen MR) is 134 cm³/mol. The van der Waals surface area contributed by atoms with Crippen LogP contribution in [0.1, 0.15) is 88.7 Å². The van der Waals surface area contributed by atoms with E-state index in [0.29, 0.717) is 6.61 Å². The summed E-state index contributed by atoms with van der Waals surface area (Å²) in [4.78, 5) is 2.59. The predicted octanol–water partition coefficient (Wildman–Crippen LogP) is 6.90. The molecule has 3 rings (SSSR count). The van der Waals surface area contributed by atoms with E-state index in [-0.39, 0.29) is 5.92 Å². The average molecular weight is 438 g/mol. The van der Waals surface area contributed by atoms with Crippen molar-refractivity contribution in [3.63, 3.8) is 0 Å². The first-order chi connectivity index (χ1) is 15.7. The summed E-state index contributed by atoms with van der Waals surface area (Å²) < 4.78 is 5.68. The smallest absolute Gasteiger partial charge is 0.119 e. The number of nitrogens with zero attached hydrogens (tertiary/aromatic N) is 1. The lowest BCUT2D eigenvalue weighted by molar-refractivity contribution is -0.0150. The maximum Gasteiger partial charge on any atom is 0.119 e. The van der Waals surface area contributed by atoms with Crippen molar-refractivity contribution in [2.24, 2.45) is 0 Å². The highest BCUT2D eigenvalue weighted by molar-refractivity contribution is 5.35. The molecule has 3 nitrogen and oxygen atoms in total. The van der Waals surface area contributed by atoms with Crippen LogP contribution < -0.4 is 4.74 Å². The van der Waals surface area contributed by atoms with Crippen molar-refractivity contribution in [3.8, 4) is 5.75 Å². The fourth-order valence-electron chi connectivity index (χ4n) is 5.14. The molecule has 2 atom stereocenters. The zero-order valence-electron chi connectivity index (χ0n) is 20.3. The van der Waals surface area contributed by atoms with E-state index in [1.54, 1.807) is 0 Å². The molecular weight excluding hydrogens is 394 g/mol. The Morgan fingerprint density at radius 1 is 0.875 bits per heavy atom. The van der Waals surface area contributed by atoms with Crippen LogP contribution in [0.2, 0.25) is 0 Å². The summed E-state index contributed by atoms with van der Waals surface area (Å²) in [6.07, 6.45) is 10.6. The highest BCUT2D eigenvalue weighted by Gasteiger charge is 2.40. The lowest BCUT2D eigenvalue weighted by atomic mass is 9.74. The van der Waals surface area contributed by atoms with Gasteiger partial charge in [-0.3, -0.25) is 0 Å². The molecule has 0 saturated carbocycles. The van der Waals surface area contributed by atoms with Gasteiger partial charge in [0.05, 0.1) is 12.2 Å². The van der Waals surface area contributed by atoms with E-state index >= 15 is 0 Å². The molecule has 1 heterocycles. The van der Waals surface area contributed by atoms with Crippen LogP contribution in [-0.2, 0) is 5.60 Å². The highest BCUT2D eigenvalue weighted by atomic mass is 16.5. The van der Waals surface area contributed by atoms with Gasteiger partial charge in [-0.25, -0.2) is 0 Å². The third-order valence-electron chi connectivity index (χ3n) is 6.99. The number of hydrogen-bond acceptors (Lipinski definition) is 3. The number of rotatable bonds is 12.